The van der Waals surface area contributed by atoms with E-state index in [2.05, 4.69) is 10.2 Å². The predicted molar refractivity (Wildman–Crippen MR) is 89.2 cm³/mol. The van der Waals surface area contributed by atoms with Crippen LogP contribution in [0.4, 0.5) is 0 Å². The summed E-state index contributed by atoms with van der Waals surface area (Å²) in [6.07, 6.45) is 1.11. The maximum atomic E-state index is 12.9. The number of aromatic nitrogens is 2. The summed E-state index contributed by atoms with van der Waals surface area (Å²) in [5.41, 5.74) is 1.26. The predicted octanol–water partition coefficient (Wildman–Crippen LogP) is 3.15. The Morgan fingerprint density at radius 3 is 2.92 bits per heavy atom. The van der Waals surface area contributed by atoms with Crippen LogP contribution in [0, 0.1) is 0 Å². The molecule has 2 aromatic heterocycles. The third kappa shape index (κ3) is 2.91. The Balaban J connectivity index is 1.55. The van der Waals surface area contributed by atoms with Crippen molar-refractivity contribution in [2.24, 2.45) is 0 Å². The zero-order valence-electron chi connectivity index (χ0n) is 14.1. The molecule has 1 aliphatic rings. The van der Waals surface area contributed by atoms with E-state index in [1.165, 1.54) is 6.26 Å². The number of carbonyl (C=O) groups excluding carboxylic acids is 1. The molecule has 0 unspecified atom stereocenters. The Hall–Kier alpha value is -2.67. The van der Waals surface area contributed by atoms with Gasteiger partial charge in [-0.3, -0.25) is 4.79 Å². The Bertz CT molecular complexity index is 899. The molecule has 0 N–H and O–H groups in total. The van der Waals surface area contributed by atoms with Crippen LogP contribution in [0.1, 0.15) is 48.0 Å². The average Bonchev–Trinajstić information content (AvgIpc) is 3.28. The molecule has 0 radical (unpaired) electrons. The topological polar surface area (TPSA) is 81.6 Å². The maximum absolute atomic E-state index is 12.9. The first-order valence-electron chi connectivity index (χ1n) is 8.34. The first-order valence-corrected chi connectivity index (χ1v) is 8.34. The number of fused-ring (bicyclic) bond motifs is 1. The molecule has 1 amide bonds. The molecule has 3 aromatic rings. The van der Waals surface area contributed by atoms with E-state index in [1.807, 2.05) is 38.1 Å². The molecule has 4 rings (SSSR count). The van der Waals surface area contributed by atoms with Crippen LogP contribution >= 0.6 is 0 Å². The number of para-hydroxylation sites is 1. The molecule has 0 saturated carbocycles. The summed E-state index contributed by atoms with van der Waals surface area (Å²) in [6.45, 7) is 5.28. The number of morpholine rings is 1. The van der Waals surface area contributed by atoms with Crippen LogP contribution in [0.2, 0.25) is 0 Å². The lowest BCUT2D eigenvalue weighted by Crippen LogP contribution is -2.42. The van der Waals surface area contributed by atoms with Crippen molar-refractivity contribution in [3.8, 4) is 0 Å². The van der Waals surface area contributed by atoms with E-state index in [4.69, 9.17) is 13.6 Å². The molecule has 1 saturated heterocycles. The zero-order chi connectivity index (χ0) is 17.4. The number of carbonyl (C=O) groups is 1. The largest absolute Gasteiger partial charge is 0.463 e. The van der Waals surface area contributed by atoms with E-state index in [1.54, 1.807) is 4.90 Å². The highest BCUT2D eigenvalue weighted by Gasteiger charge is 2.31. The lowest BCUT2D eigenvalue weighted by molar-refractivity contribution is -0.0350. The van der Waals surface area contributed by atoms with Crippen LogP contribution in [-0.2, 0) is 4.74 Å². The lowest BCUT2D eigenvalue weighted by Gasteiger charge is -2.31. The maximum Gasteiger partial charge on any atom is 0.257 e. The van der Waals surface area contributed by atoms with Crippen molar-refractivity contribution in [1.29, 1.82) is 0 Å². The number of hydrogen-bond acceptors (Lipinski definition) is 6. The highest BCUT2D eigenvalue weighted by Crippen LogP contribution is 2.27. The Labute approximate surface area is 144 Å². The van der Waals surface area contributed by atoms with Gasteiger partial charge >= 0.3 is 0 Å². The van der Waals surface area contributed by atoms with Crippen molar-refractivity contribution in [3.05, 3.63) is 47.9 Å². The van der Waals surface area contributed by atoms with Crippen LogP contribution in [0.3, 0.4) is 0 Å². The minimum absolute atomic E-state index is 0.0816. The molecule has 1 aliphatic heterocycles. The fraction of sp³-hybridized carbons (Fsp3) is 0.389. The number of nitrogens with zero attached hydrogens (tertiary/aromatic N) is 3. The molecule has 3 heterocycles. The van der Waals surface area contributed by atoms with Crippen LogP contribution in [0.5, 0.6) is 0 Å². The van der Waals surface area contributed by atoms with Gasteiger partial charge in [-0.25, -0.2) is 0 Å². The minimum Gasteiger partial charge on any atom is -0.463 e. The monoisotopic (exact) mass is 341 g/mol. The summed E-state index contributed by atoms with van der Waals surface area (Å²) in [6, 6.07) is 7.51. The normalized spacial score (nSPS) is 18.2. The standard InChI is InChI=1S/C18H19N3O4/c1-11(2)16-19-20-17(25-16)15-9-21(7-8-23-15)18(22)13-10-24-14-6-4-3-5-12(13)14/h3-6,10-11,15H,7-9H2,1-2H3/t15-/m0/s1. The SMILES string of the molecule is CC(C)c1nnc([C@@H]2CN(C(=O)c3coc4ccccc34)CCO2)o1. The second-order valence-electron chi connectivity index (χ2n) is 6.39. The van der Waals surface area contributed by atoms with Crippen LogP contribution in [0.25, 0.3) is 11.0 Å². The third-order valence-electron chi connectivity index (χ3n) is 4.29. The fourth-order valence-corrected chi connectivity index (χ4v) is 2.91. The third-order valence-corrected chi connectivity index (χ3v) is 4.29. The Morgan fingerprint density at radius 2 is 2.12 bits per heavy atom. The number of ether oxygens (including phenoxy) is 1. The van der Waals surface area contributed by atoms with E-state index < -0.39 is 6.10 Å². The van der Waals surface area contributed by atoms with E-state index in [0.29, 0.717) is 42.6 Å². The van der Waals surface area contributed by atoms with Gasteiger partial charge in [0, 0.05) is 17.8 Å². The highest BCUT2D eigenvalue weighted by molar-refractivity contribution is 6.05. The average molecular weight is 341 g/mol. The van der Waals surface area contributed by atoms with E-state index >= 15 is 0 Å². The number of furan rings is 1. The zero-order valence-corrected chi connectivity index (χ0v) is 14.1. The van der Waals surface area contributed by atoms with Crippen LogP contribution < -0.4 is 0 Å². The van der Waals surface area contributed by atoms with Crippen molar-refractivity contribution < 1.29 is 18.4 Å². The van der Waals surface area contributed by atoms with Gasteiger partial charge in [-0.2, -0.15) is 0 Å². The van der Waals surface area contributed by atoms with Gasteiger partial charge < -0.3 is 18.5 Å². The highest BCUT2D eigenvalue weighted by atomic mass is 16.5. The van der Waals surface area contributed by atoms with E-state index in [-0.39, 0.29) is 11.8 Å². The Kier molecular flexibility index (Phi) is 4.01. The molecule has 0 bridgehead atoms. The Morgan fingerprint density at radius 1 is 1.28 bits per heavy atom. The van der Waals surface area contributed by atoms with Crippen LogP contribution in [-0.4, -0.2) is 40.7 Å². The van der Waals surface area contributed by atoms with E-state index in [0.717, 1.165) is 5.39 Å². The molecular weight excluding hydrogens is 322 g/mol. The van der Waals surface area contributed by atoms with Gasteiger partial charge in [0.1, 0.15) is 11.8 Å². The molecule has 1 atom stereocenters. The number of benzene rings is 1. The summed E-state index contributed by atoms with van der Waals surface area (Å²) in [7, 11) is 0. The van der Waals surface area contributed by atoms with Gasteiger partial charge in [0.05, 0.1) is 18.7 Å². The molecule has 130 valence electrons. The molecule has 25 heavy (non-hydrogen) atoms. The first-order chi connectivity index (χ1) is 12.1. The quantitative estimate of drug-likeness (QED) is 0.728. The lowest BCUT2D eigenvalue weighted by atomic mass is 10.1. The van der Waals surface area contributed by atoms with Crippen molar-refractivity contribution >= 4 is 16.9 Å². The van der Waals surface area contributed by atoms with Gasteiger partial charge in [0.15, 0.2) is 6.10 Å². The van der Waals surface area contributed by atoms with E-state index in [9.17, 15) is 4.79 Å². The molecule has 7 heteroatoms. The summed E-state index contributed by atoms with van der Waals surface area (Å²) < 4.78 is 16.9. The van der Waals surface area contributed by atoms with Crippen LogP contribution in [0.15, 0.2) is 39.4 Å². The van der Waals surface area contributed by atoms with Crippen molar-refractivity contribution in [2.75, 3.05) is 19.7 Å². The van der Waals surface area contributed by atoms with Gasteiger partial charge in [-0.1, -0.05) is 32.0 Å². The summed E-state index contributed by atoms with van der Waals surface area (Å²) in [5, 5.41) is 8.92. The van der Waals surface area contributed by atoms with Crippen molar-refractivity contribution in [2.45, 2.75) is 25.9 Å². The molecule has 7 nitrogen and oxygen atoms in total. The second-order valence-corrected chi connectivity index (χ2v) is 6.39. The van der Waals surface area contributed by atoms with Gasteiger partial charge in [-0.05, 0) is 6.07 Å². The number of rotatable bonds is 3. The van der Waals surface area contributed by atoms with Gasteiger partial charge in [-0.15, -0.1) is 10.2 Å². The minimum atomic E-state index is -0.407. The number of amides is 1. The molecule has 1 aromatic carbocycles. The summed E-state index contributed by atoms with van der Waals surface area (Å²) in [5.74, 6) is 1.06. The molecule has 1 fully saturated rings. The summed E-state index contributed by atoms with van der Waals surface area (Å²) >= 11 is 0. The smallest absolute Gasteiger partial charge is 0.257 e. The van der Waals surface area contributed by atoms with Gasteiger partial charge in [0.25, 0.3) is 5.91 Å². The van der Waals surface area contributed by atoms with Crippen molar-refractivity contribution in [3.63, 3.8) is 0 Å². The second kappa shape index (κ2) is 6.33. The molecule has 0 spiro atoms. The molecule has 0 aliphatic carbocycles. The van der Waals surface area contributed by atoms with Crippen molar-refractivity contribution in [1.82, 2.24) is 15.1 Å². The van der Waals surface area contributed by atoms with Gasteiger partial charge in [0.2, 0.25) is 11.8 Å². The summed E-state index contributed by atoms with van der Waals surface area (Å²) in [4.78, 5) is 14.6. The fourth-order valence-electron chi connectivity index (χ4n) is 2.91. The number of hydrogen-bond donors (Lipinski definition) is 0. The molecular formula is C18H19N3O4. The first kappa shape index (κ1) is 15.8.